The van der Waals surface area contributed by atoms with Crippen LogP contribution in [-0.4, -0.2) is 88.8 Å². The van der Waals surface area contributed by atoms with Crippen molar-refractivity contribution in [3.8, 4) is 11.3 Å². The summed E-state index contributed by atoms with van der Waals surface area (Å²) in [4.78, 5) is 46.1. The molecule has 1 aliphatic carbocycles. The Labute approximate surface area is 267 Å². The van der Waals surface area contributed by atoms with Gasteiger partial charge in [0.2, 0.25) is 5.91 Å². The molecule has 1 aromatic carbocycles. The number of aromatic amines is 1. The topological polar surface area (TPSA) is 153 Å². The van der Waals surface area contributed by atoms with E-state index in [1.807, 2.05) is 47.4 Å². The molecular weight excluding hydrogens is 604 g/mol. The molecule has 0 radical (unpaired) electrons. The Morgan fingerprint density at radius 1 is 1.02 bits per heavy atom. The molecule has 2 saturated heterocycles. The molecule has 0 spiro atoms. The Morgan fingerprint density at radius 2 is 1.80 bits per heavy atom. The molecule has 3 N–H and O–H groups in total. The maximum atomic E-state index is 13.3. The average Bonchev–Trinajstić information content (AvgIpc) is 3.77. The van der Waals surface area contributed by atoms with Crippen molar-refractivity contribution in [1.82, 2.24) is 30.2 Å². The van der Waals surface area contributed by atoms with Crippen LogP contribution in [0.2, 0.25) is 0 Å². The van der Waals surface area contributed by atoms with Gasteiger partial charge < -0.3 is 20.5 Å². The van der Waals surface area contributed by atoms with Crippen molar-refractivity contribution >= 4 is 44.2 Å². The second-order valence-corrected chi connectivity index (χ2v) is 14.6. The minimum absolute atomic E-state index is 0.0828. The zero-order valence-corrected chi connectivity index (χ0v) is 26.2. The summed E-state index contributed by atoms with van der Waals surface area (Å²) in [5, 5.41) is 6.85. The first-order valence-corrected chi connectivity index (χ1v) is 17.4. The number of aromatic nitrogens is 4. The molecule has 12 nitrogen and oxygen atoms in total. The number of rotatable bonds is 8. The van der Waals surface area contributed by atoms with Crippen LogP contribution in [0.1, 0.15) is 41.7 Å². The smallest absolute Gasteiger partial charge is 0.274 e. The zero-order chi connectivity index (χ0) is 31.9. The normalized spacial score (nSPS) is 20.6. The predicted octanol–water partition coefficient (Wildman–Crippen LogP) is 3.26. The van der Waals surface area contributed by atoms with E-state index in [4.69, 9.17) is 0 Å². The molecule has 46 heavy (non-hydrogen) atoms. The quantitative estimate of drug-likeness (QED) is 0.246. The standard InChI is InChI=1S/C33H36N8O4S/c1-2-29(42)37-25-4-3-13-41(20-25)33(10-11-33)23-9-12-34-28(18-23)32(43)38-24-7-5-22(6-8-24)27-19-26-30(39-27)35-21-36-31(26)40-14-16-46(44,45)17-15-40/h2,5-9,12,18-19,21,25H,1,3-4,10-11,13-17,20H2,(H,37,42)(H,38,43)(H,35,36,39)/t25-/m1/s1. The van der Waals surface area contributed by atoms with Gasteiger partial charge in [-0.2, -0.15) is 0 Å². The number of likely N-dealkylation sites (tertiary alicyclic amines) is 1. The number of fused-ring (bicyclic) bond motifs is 1. The van der Waals surface area contributed by atoms with E-state index in [0.29, 0.717) is 35.9 Å². The van der Waals surface area contributed by atoms with Crippen LogP contribution in [0.4, 0.5) is 11.5 Å². The van der Waals surface area contributed by atoms with Crippen molar-refractivity contribution in [1.29, 1.82) is 0 Å². The van der Waals surface area contributed by atoms with Crippen molar-refractivity contribution < 1.29 is 18.0 Å². The lowest BCUT2D eigenvalue weighted by Gasteiger charge is -2.39. The molecule has 4 aromatic rings. The third kappa shape index (κ3) is 5.99. The summed E-state index contributed by atoms with van der Waals surface area (Å²) >= 11 is 0. The van der Waals surface area contributed by atoms with E-state index in [-0.39, 0.29) is 34.9 Å². The van der Waals surface area contributed by atoms with Crippen LogP contribution >= 0.6 is 0 Å². The van der Waals surface area contributed by atoms with Crippen LogP contribution in [0, 0.1) is 0 Å². The Hall–Kier alpha value is -4.62. The number of hydrogen-bond donors (Lipinski definition) is 3. The summed E-state index contributed by atoms with van der Waals surface area (Å²) in [6.45, 7) is 6.08. The van der Waals surface area contributed by atoms with Gasteiger partial charge in [0.15, 0.2) is 9.84 Å². The fraction of sp³-hybridized carbons (Fsp3) is 0.364. The number of anilines is 2. The molecule has 7 rings (SSSR count). The first-order chi connectivity index (χ1) is 22.2. The molecule has 3 aromatic heterocycles. The van der Waals surface area contributed by atoms with Crippen LogP contribution in [0.3, 0.4) is 0 Å². The monoisotopic (exact) mass is 640 g/mol. The highest BCUT2D eigenvalue weighted by Crippen LogP contribution is 2.51. The summed E-state index contributed by atoms with van der Waals surface area (Å²) in [7, 11) is -3.01. The predicted molar refractivity (Wildman–Crippen MR) is 176 cm³/mol. The zero-order valence-electron chi connectivity index (χ0n) is 25.4. The third-order valence-corrected chi connectivity index (χ3v) is 10.9. The van der Waals surface area contributed by atoms with Gasteiger partial charge in [-0.3, -0.25) is 19.5 Å². The molecule has 2 aliphatic heterocycles. The van der Waals surface area contributed by atoms with E-state index in [0.717, 1.165) is 61.0 Å². The number of piperidine rings is 1. The Kier molecular flexibility index (Phi) is 7.81. The van der Waals surface area contributed by atoms with Gasteiger partial charge in [-0.05, 0) is 79.8 Å². The van der Waals surface area contributed by atoms with Crippen LogP contribution < -0.4 is 15.5 Å². The van der Waals surface area contributed by atoms with Crippen molar-refractivity contribution in [2.75, 3.05) is 47.9 Å². The molecule has 3 fully saturated rings. The maximum Gasteiger partial charge on any atom is 0.274 e. The SMILES string of the molecule is C=CC(=O)N[C@@H]1CCCN(C2(c3ccnc(C(=O)Nc4ccc(-c5cc6c(N7CCS(=O)(=O)CC7)ncnc6[nH]5)cc4)c3)CC2)C1. The maximum absolute atomic E-state index is 13.3. The van der Waals surface area contributed by atoms with Gasteiger partial charge in [0.25, 0.3) is 5.91 Å². The van der Waals surface area contributed by atoms with E-state index < -0.39 is 9.84 Å². The fourth-order valence-electron chi connectivity index (χ4n) is 6.68. The van der Waals surface area contributed by atoms with Gasteiger partial charge >= 0.3 is 0 Å². The molecule has 1 saturated carbocycles. The van der Waals surface area contributed by atoms with Crippen molar-refractivity contribution in [2.24, 2.45) is 0 Å². The van der Waals surface area contributed by atoms with E-state index in [1.54, 1.807) is 6.20 Å². The lowest BCUT2D eigenvalue weighted by molar-refractivity contribution is -0.117. The number of nitrogens with one attached hydrogen (secondary N) is 3. The molecule has 238 valence electrons. The second-order valence-electron chi connectivity index (χ2n) is 12.3. The van der Waals surface area contributed by atoms with Gasteiger partial charge in [0, 0.05) is 48.8 Å². The number of nitrogens with zero attached hydrogens (tertiary/aromatic N) is 5. The summed E-state index contributed by atoms with van der Waals surface area (Å²) in [5.74, 6) is 0.508. The average molecular weight is 641 g/mol. The van der Waals surface area contributed by atoms with E-state index >= 15 is 0 Å². The van der Waals surface area contributed by atoms with Crippen molar-refractivity contribution in [3.05, 3.63) is 78.9 Å². The number of amides is 2. The van der Waals surface area contributed by atoms with Gasteiger partial charge in [-0.15, -0.1) is 0 Å². The highest BCUT2D eigenvalue weighted by atomic mass is 32.2. The number of sulfone groups is 1. The minimum atomic E-state index is -3.01. The fourth-order valence-corrected chi connectivity index (χ4v) is 7.88. The molecule has 0 unspecified atom stereocenters. The van der Waals surface area contributed by atoms with Crippen LogP contribution in [-0.2, 0) is 20.2 Å². The molecule has 2 amide bonds. The number of carbonyl (C=O) groups is 2. The van der Waals surface area contributed by atoms with Crippen LogP contribution in [0.25, 0.3) is 22.3 Å². The number of hydrogen-bond acceptors (Lipinski definition) is 9. The highest BCUT2D eigenvalue weighted by Gasteiger charge is 2.50. The Morgan fingerprint density at radius 3 is 2.54 bits per heavy atom. The largest absolute Gasteiger partial charge is 0.354 e. The van der Waals surface area contributed by atoms with Crippen LogP contribution in [0.15, 0.2) is 67.6 Å². The first kappa shape index (κ1) is 30.1. The van der Waals surface area contributed by atoms with E-state index in [1.165, 1.54) is 12.4 Å². The third-order valence-electron chi connectivity index (χ3n) is 9.31. The van der Waals surface area contributed by atoms with E-state index in [9.17, 15) is 18.0 Å². The molecule has 3 aliphatic rings. The number of H-pyrrole nitrogens is 1. The molecule has 0 bridgehead atoms. The number of benzene rings is 1. The van der Waals surface area contributed by atoms with Gasteiger partial charge in [-0.25, -0.2) is 18.4 Å². The lowest BCUT2D eigenvalue weighted by Crippen LogP contribution is -2.50. The van der Waals surface area contributed by atoms with Gasteiger partial charge in [-0.1, -0.05) is 18.7 Å². The van der Waals surface area contributed by atoms with Crippen molar-refractivity contribution in [3.63, 3.8) is 0 Å². The summed E-state index contributed by atoms with van der Waals surface area (Å²) in [6, 6.07) is 13.5. The summed E-state index contributed by atoms with van der Waals surface area (Å²) in [5.41, 5.74) is 4.36. The van der Waals surface area contributed by atoms with Crippen LogP contribution in [0.5, 0.6) is 0 Å². The van der Waals surface area contributed by atoms with Gasteiger partial charge in [0.1, 0.15) is 23.5 Å². The lowest BCUT2D eigenvalue weighted by atomic mass is 9.97. The minimum Gasteiger partial charge on any atom is -0.354 e. The first-order valence-electron chi connectivity index (χ1n) is 15.6. The van der Waals surface area contributed by atoms with E-state index in [2.05, 4.69) is 42.0 Å². The highest BCUT2D eigenvalue weighted by molar-refractivity contribution is 7.91. The number of carbonyl (C=O) groups excluding carboxylic acids is 2. The van der Waals surface area contributed by atoms with Gasteiger partial charge in [0.05, 0.1) is 16.9 Å². The molecule has 1 atom stereocenters. The second kappa shape index (κ2) is 12.0. The Bertz CT molecular complexity index is 1910. The molecular formula is C33H36N8O4S. The Balaban J connectivity index is 1.03. The molecule has 13 heteroatoms. The number of pyridine rings is 1. The summed E-state index contributed by atoms with van der Waals surface area (Å²) in [6.07, 6.45) is 8.44. The van der Waals surface area contributed by atoms with Crippen molar-refractivity contribution in [2.45, 2.75) is 37.3 Å². The molecule has 5 heterocycles. The summed E-state index contributed by atoms with van der Waals surface area (Å²) < 4.78 is 23.8.